The highest BCUT2D eigenvalue weighted by atomic mass is 14.9. The van der Waals surface area contributed by atoms with Gasteiger partial charge in [-0.1, -0.05) is 6.07 Å². The van der Waals surface area contributed by atoms with Crippen LogP contribution in [0.5, 0.6) is 0 Å². The van der Waals surface area contributed by atoms with Gasteiger partial charge in [-0.25, -0.2) is 4.98 Å². The summed E-state index contributed by atoms with van der Waals surface area (Å²) in [4.78, 5) is 8.77. The quantitative estimate of drug-likeness (QED) is 0.758. The molecule has 2 aromatic heterocycles. The van der Waals surface area contributed by atoms with Crippen LogP contribution in [0.2, 0.25) is 0 Å². The third-order valence-electron chi connectivity index (χ3n) is 3.91. The molecule has 1 aromatic carbocycles. The highest BCUT2D eigenvalue weighted by molar-refractivity contribution is 5.75. The molecule has 116 valence electrons. The van der Waals surface area contributed by atoms with Crippen LogP contribution in [0.15, 0.2) is 54.9 Å². The molecule has 0 unspecified atom stereocenters. The fourth-order valence-electron chi connectivity index (χ4n) is 2.57. The van der Waals surface area contributed by atoms with Gasteiger partial charge in [-0.15, -0.1) is 0 Å². The Hall–Kier alpha value is -2.88. The summed E-state index contributed by atoms with van der Waals surface area (Å²) in [7, 11) is 3.80. The molecule has 4 nitrogen and oxygen atoms in total. The molecule has 0 atom stereocenters. The van der Waals surface area contributed by atoms with Crippen molar-refractivity contribution in [2.45, 2.75) is 6.92 Å². The van der Waals surface area contributed by atoms with Gasteiger partial charge in [-0.2, -0.15) is 0 Å². The van der Waals surface area contributed by atoms with Crippen molar-refractivity contribution in [3.05, 3.63) is 60.4 Å². The van der Waals surface area contributed by atoms with Crippen LogP contribution in [0.3, 0.4) is 0 Å². The van der Waals surface area contributed by atoms with Gasteiger partial charge < -0.3 is 10.6 Å². The van der Waals surface area contributed by atoms with Crippen molar-refractivity contribution in [2.24, 2.45) is 0 Å². The SMILES string of the molecule is CNc1ccc(C)c(-c2ccnc(-c3ccnc(NC)c3)c2)c1. The molecule has 0 bridgehead atoms. The van der Waals surface area contributed by atoms with E-state index in [9.17, 15) is 0 Å². The average Bonchev–Trinajstić information content (AvgIpc) is 2.62. The molecule has 4 heteroatoms. The minimum atomic E-state index is 0.836. The second-order valence-corrected chi connectivity index (χ2v) is 5.39. The van der Waals surface area contributed by atoms with Crippen LogP contribution in [0.4, 0.5) is 11.5 Å². The highest BCUT2D eigenvalue weighted by Crippen LogP contribution is 2.29. The van der Waals surface area contributed by atoms with Gasteiger partial charge in [-0.05, 0) is 60.0 Å². The van der Waals surface area contributed by atoms with Crippen molar-refractivity contribution in [2.75, 3.05) is 24.7 Å². The van der Waals surface area contributed by atoms with Gasteiger partial charge >= 0.3 is 0 Å². The van der Waals surface area contributed by atoms with Crippen LogP contribution in [-0.4, -0.2) is 24.1 Å². The molecule has 0 aliphatic heterocycles. The zero-order chi connectivity index (χ0) is 16.2. The first-order valence-electron chi connectivity index (χ1n) is 7.60. The number of nitrogens with one attached hydrogen (secondary N) is 2. The van der Waals surface area contributed by atoms with E-state index in [0.717, 1.165) is 28.3 Å². The molecule has 0 fully saturated rings. The van der Waals surface area contributed by atoms with Crippen LogP contribution in [0.25, 0.3) is 22.4 Å². The predicted octanol–water partition coefficient (Wildman–Crippen LogP) is 4.20. The first kappa shape index (κ1) is 15.0. The van der Waals surface area contributed by atoms with Gasteiger partial charge in [0.1, 0.15) is 5.82 Å². The van der Waals surface area contributed by atoms with Crippen LogP contribution in [-0.2, 0) is 0 Å². The van der Waals surface area contributed by atoms with Crippen LogP contribution in [0, 0.1) is 6.92 Å². The molecule has 0 radical (unpaired) electrons. The number of nitrogens with zero attached hydrogens (tertiary/aromatic N) is 2. The second kappa shape index (κ2) is 6.48. The summed E-state index contributed by atoms with van der Waals surface area (Å²) in [6, 6.07) is 14.5. The number of aromatic nitrogens is 2. The summed E-state index contributed by atoms with van der Waals surface area (Å²) in [5.74, 6) is 0.836. The lowest BCUT2D eigenvalue weighted by Gasteiger charge is -2.11. The molecule has 3 rings (SSSR count). The Morgan fingerprint density at radius 2 is 1.57 bits per heavy atom. The van der Waals surface area contributed by atoms with E-state index >= 15 is 0 Å². The summed E-state index contributed by atoms with van der Waals surface area (Å²) in [5.41, 5.74) is 6.71. The molecular formula is C19H20N4. The lowest BCUT2D eigenvalue weighted by Crippen LogP contribution is -1.94. The van der Waals surface area contributed by atoms with E-state index in [-0.39, 0.29) is 0 Å². The Morgan fingerprint density at radius 1 is 0.783 bits per heavy atom. The van der Waals surface area contributed by atoms with Crippen LogP contribution < -0.4 is 10.6 Å². The smallest absolute Gasteiger partial charge is 0.126 e. The first-order chi connectivity index (χ1) is 11.2. The molecule has 3 aromatic rings. The summed E-state index contributed by atoms with van der Waals surface area (Å²) in [6.07, 6.45) is 3.65. The van der Waals surface area contributed by atoms with Crippen molar-refractivity contribution in [1.82, 2.24) is 9.97 Å². The fraction of sp³-hybridized carbons (Fsp3) is 0.158. The van der Waals surface area contributed by atoms with Crippen LogP contribution in [0.1, 0.15) is 5.56 Å². The third-order valence-corrected chi connectivity index (χ3v) is 3.91. The number of aryl methyl sites for hydroxylation is 1. The van der Waals surface area contributed by atoms with E-state index in [2.05, 4.69) is 51.8 Å². The Kier molecular flexibility index (Phi) is 4.24. The monoisotopic (exact) mass is 304 g/mol. The molecule has 2 heterocycles. The average molecular weight is 304 g/mol. The maximum atomic E-state index is 4.51. The van der Waals surface area contributed by atoms with Crippen molar-refractivity contribution < 1.29 is 0 Å². The molecule has 0 spiro atoms. The number of rotatable bonds is 4. The van der Waals surface area contributed by atoms with E-state index < -0.39 is 0 Å². The van der Waals surface area contributed by atoms with E-state index in [4.69, 9.17) is 0 Å². The van der Waals surface area contributed by atoms with Gasteiger partial charge in [0.05, 0.1) is 5.69 Å². The van der Waals surface area contributed by atoms with Gasteiger partial charge in [0.15, 0.2) is 0 Å². The maximum absolute atomic E-state index is 4.51. The fourth-order valence-corrected chi connectivity index (χ4v) is 2.57. The minimum Gasteiger partial charge on any atom is -0.388 e. The summed E-state index contributed by atoms with van der Waals surface area (Å²) >= 11 is 0. The van der Waals surface area contributed by atoms with Gasteiger partial charge in [-0.3, -0.25) is 4.98 Å². The summed E-state index contributed by atoms with van der Waals surface area (Å²) < 4.78 is 0. The predicted molar refractivity (Wildman–Crippen MR) is 96.7 cm³/mol. The lowest BCUT2D eigenvalue weighted by atomic mass is 9.99. The zero-order valence-electron chi connectivity index (χ0n) is 13.6. The molecule has 0 saturated carbocycles. The van der Waals surface area contributed by atoms with Gasteiger partial charge in [0, 0.05) is 37.7 Å². The second-order valence-electron chi connectivity index (χ2n) is 5.39. The first-order valence-corrected chi connectivity index (χ1v) is 7.60. The van der Waals surface area contributed by atoms with Crippen LogP contribution >= 0.6 is 0 Å². The van der Waals surface area contributed by atoms with Crippen molar-refractivity contribution >= 4 is 11.5 Å². The van der Waals surface area contributed by atoms with Gasteiger partial charge in [0.2, 0.25) is 0 Å². The normalized spacial score (nSPS) is 10.4. The standard InChI is InChI=1S/C19H20N4/c1-13-4-5-16(20-2)12-17(13)14-6-8-22-18(10-14)15-7-9-23-19(11-15)21-3/h4-12,20H,1-3H3,(H,21,23). The Balaban J connectivity index is 2.06. The number of hydrogen-bond donors (Lipinski definition) is 2. The number of benzene rings is 1. The molecule has 0 aliphatic rings. The van der Waals surface area contributed by atoms with Crippen molar-refractivity contribution in [3.8, 4) is 22.4 Å². The van der Waals surface area contributed by atoms with E-state index in [1.807, 2.05) is 38.5 Å². The summed E-state index contributed by atoms with van der Waals surface area (Å²) in [6.45, 7) is 2.13. The Labute approximate surface area is 136 Å². The Morgan fingerprint density at radius 3 is 2.35 bits per heavy atom. The molecule has 0 amide bonds. The van der Waals surface area contributed by atoms with Crippen molar-refractivity contribution in [3.63, 3.8) is 0 Å². The topological polar surface area (TPSA) is 49.8 Å². The highest BCUT2D eigenvalue weighted by Gasteiger charge is 2.07. The summed E-state index contributed by atoms with van der Waals surface area (Å²) in [5, 5.41) is 6.25. The lowest BCUT2D eigenvalue weighted by molar-refractivity contribution is 1.26. The molecule has 23 heavy (non-hydrogen) atoms. The molecule has 2 N–H and O–H groups in total. The number of hydrogen-bond acceptors (Lipinski definition) is 4. The zero-order valence-corrected chi connectivity index (χ0v) is 13.6. The molecule has 0 aliphatic carbocycles. The number of anilines is 2. The van der Waals surface area contributed by atoms with E-state index in [0.29, 0.717) is 0 Å². The van der Waals surface area contributed by atoms with E-state index in [1.165, 1.54) is 11.1 Å². The Bertz CT molecular complexity index is 827. The van der Waals surface area contributed by atoms with Crippen molar-refractivity contribution in [1.29, 1.82) is 0 Å². The maximum Gasteiger partial charge on any atom is 0.126 e. The molecule has 0 saturated heterocycles. The number of pyridine rings is 2. The van der Waals surface area contributed by atoms with Gasteiger partial charge in [0.25, 0.3) is 0 Å². The largest absolute Gasteiger partial charge is 0.388 e. The van der Waals surface area contributed by atoms with E-state index in [1.54, 1.807) is 6.20 Å². The third kappa shape index (κ3) is 3.16. The molecular weight excluding hydrogens is 284 g/mol. The minimum absolute atomic E-state index is 0.836.